The Balaban J connectivity index is 1.93. The Morgan fingerprint density at radius 2 is 2.11 bits per heavy atom. The number of fused-ring (bicyclic) bond motifs is 1. The predicted molar refractivity (Wildman–Crippen MR) is 77.4 cm³/mol. The maximum absolute atomic E-state index is 6.40. The van der Waals surface area contributed by atoms with Gasteiger partial charge in [0.2, 0.25) is 0 Å². The molecule has 0 bridgehead atoms. The number of hydrogen-bond donors (Lipinski definition) is 1. The van der Waals surface area contributed by atoms with Gasteiger partial charge in [0.15, 0.2) is 0 Å². The minimum atomic E-state index is -0.152. The highest BCUT2D eigenvalue weighted by Gasteiger charge is 2.22. The van der Waals surface area contributed by atoms with Crippen LogP contribution in [0.25, 0.3) is 0 Å². The quantitative estimate of drug-likeness (QED) is 0.938. The van der Waals surface area contributed by atoms with Crippen LogP contribution in [0.3, 0.4) is 0 Å². The molecule has 2 aromatic heterocycles. The van der Waals surface area contributed by atoms with E-state index in [0.29, 0.717) is 6.04 Å². The fourth-order valence-corrected chi connectivity index (χ4v) is 3.79. The predicted octanol–water partition coefficient (Wildman–Crippen LogP) is 2.85. The Labute approximate surface area is 117 Å². The third-order valence-corrected chi connectivity index (χ3v) is 4.94. The molecule has 0 radical (unpaired) electrons. The van der Waals surface area contributed by atoms with Crippen molar-refractivity contribution in [2.45, 2.75) is 51.6 Å². The van der Waals surface area contributed by atoms with Crippen molar-refractivity contribution in [2.75, 3.05) is 0 Å². The molecule has 2 heterocycles. The maximum Gasteiger partial charge on any atom is 0.116 e. The smallest absolute Gasteiger partial charge is 0.116 e. The van der Waals surface area contributed by atoms with Gasteiger partial charge in [-0.15, -0.1) is 11.3 Å². The lowest BCUT2D eigenvalue weighted by Crippen LogP contribution is -2.17. The van der Waals surface area contributed by atoms with Crippen molar-refractivity contribution in [3.8, 4) is 0 Å². The number of imidazole rings is 1. The van der Waals surface area contributed by atoms with E-state index >= 15 is 0 Å². The van der Waals surface area contributed by atoms with E-state index in [1.807, 2.05) is 12.5 Å². The van der Waals surface area contributed by atoms with Crippen molar-refractivity contribution in [2.24, 2.45) is 5.73 Å². The summed E-state index contributed by atoms with van der Waals surface area (Å²) in [5.41, 5.74) is 8.73. The topological polar surface area (TPSA) is 56.7 Å². The van der Waals surface area contributed by atoms with Crippen LogP contribution in [0.5, 0.6) is 0 Å². The van der Waals surface area contributed by atoms with Gasteiger partial charge >= 0.3 is 0 Å². The Hall–Kier alpha value is -1.20. The lowest BCUT2D eigenvalue weighted by Gasteiger charge is -2.15. The van der Waals surface area contributed by atoms with Crippen LogP contribution < -0.4 is 5.73 Å². The molecule has 1 unspecified atom stereocenters. The molecule has 1 aliphatic rings. The summed E-state index contributed by atoms with van der Waals surface area (Å²) in [6, 6.07) is 0.221. The van der Waals surface area contributed by atoms with Gasteiger partial charge in [0.25, 0.3) is 0 Å². The molecule has 0 fully saturated rings. The monoisotopic (exact) mass is 276 g/mol. The number of nitrogens with zero attached hydrogens (tertiary/aromatic N) is 3. The highest BCUT2D eigenvalue weighted by atomic mass is 32.1. The van der Waals surface area contributed by atoms with E-state index in [2.05, 4.69) is 23.4 Å². The van der Waals surface area contributed by atoms with Crippen molar-refractivity contribution in [1.82, 2.24) is 14.5 Å². The second kappa shape index (κ2) is 5.06. The zero-order valence-electron chi connectivity index (χ0n) is 11.5. The van der Waals surface area contributed by atoms with Crippen LogP contribution >= 0.6 is 11.3 Å². The second-order valence-corrected chi connectivity index (χ2v) is 6.54. The van der Waals surface area contributed by atoms with E-state index < -0.39 is 0 Å². The molecule has 0 saturated carbocycles. The summed E-state index contributed by atoms with van der Waals surface area (Å²) in [6.07, 6.45) is 8.55. The van der Waals surface area contributed by atoms with Crippen molar-refractivity contribution < 1.29 is 0 Å². The second-order valence-electron chi connectivity index (χ2n) is 5.43. The SMILES string of the molecule is CC(C)n1cncc1C(N)c1nc2c(s1)CCCC2. The Kier molecular flexibility index (Phi) is 3.41. The normalized spacial score (nSPS) is 16.6. The molecule has 0 saturated heterocycles. The lowest BCUT2D eigenvalue weighted by molar-refractivity contribution is 0.559. The Morgan fingerprint density at radius 3 is 2.84 bits per heavy atom. The summed E-state index contributed by atoms with van der Waals surface area (Å²) in [7, 11) is 0. The first-order valence-electron chi connectivity index (χ1n) is 6.92. The summed E-state index contributed by atoms with van der Waals surface area (Å²) in [5.74, 6) is 0. The largest absolute Gasteiger partial charge is 0.330 e. The van der Waals surface area contributed by atoms with Crippen LogP contribution in [-0.2, 0) is 12.8 Å². The molecule has 1 atom stereocenters. The van der Waals surface area contributed by atoms with Gasteiger partial charge in [0.1, 0.15) is 5.01 Å². The van der Waals surface area contributed by atoms with E-state index in [0.717, 1.165) is 17.1 Å². The molecule has 0 spiro atoms. The Morgan fingerprint density at radius 1 is 1.32 bits per heavy atom. The minimum Gasteiger partial charge on any atom is -0.330 e. The number of aryl methyl sites for hydroxylation is 2. The highest BCUT2D eigenvalue weighted by Crippen LogP contribution is 2.31. The van der Waals surface area contributed by atoms with Gasteiger partial charge in [-0.1, -0.05) is 0 Å². The molecular weight excluding hydrogens is 256 g/mol. The number of thiazole rings is 1. The van der Waals surface area contributed by atoms with Crippen molar-refractivity contribution in [1.29, 1.82) is 0 Å². The van der Waals surface area contributed by atoms with E-state index in [1.54, 1.807) is 11.3 Å². The first-order chi connectivity index (χ1) is 9.16. The molecule has 0 amide bonds. The van der Waals surface area contributed by atoms with Gasteiger partial charge < -0.3 is 10.3 Å². The Bertz CT molecular complexity index is 546. The van der Waals surface area contributed by atoms with Crippen LogP contribution in [0.15, 0.2) is 12.5 Å². The van der Waals surface area contributed by atoms with Crippen LogP contribution in [0, 0.1) is 0 Å². The summed E-state index contributed by atoms with van der Waals surface area (Å²) in [5, 5.41) is 1.04. The van der Waals surface area contributed by atoms with Gasteiger partial charge in [-0.05, 0) is 39.5 Å². The third kappa shape index (κ3) is 2.32. The number of rotatable bonds is 3. The van der Waals surface area contributed by atoms with Gasteiger partial charge in [-0.25, -0.2) is 9.97 Å². The minimum absolute atomic E-state index is 0.152. The lowest BCUT2D eigenvalue weighted by atomic mass is 10.0. The van der Waals surface area contributed by atoms with Gasteiger partial charge in [0.05, 0.1) is 30.0 Å². The van der Waals surface area contributed by atoms with E-state index in [-0.39, 0.29) is 6.04 Å². The van der Waals surface area contributed by atoms with Crippen molar-refractivity contribution in [3.05, 3.63) is 33.8 Å². The van der Waals surface area contributed by atoms with Gasteiger partial charge in [-0.3, -0.25) is 0 Å². The summed E-state index contributed by atoms with van der Waals surface area (Å²) < 4.78 is 2.13. The maximum atomic E-state index is 6.40. The molecule has 0 aliphatic heterocycles. The molecule has 3 rings (SSSR count). The standard InChI is InChI=1S/C14H20N4S/c1-9(2)18-8-16-7-11(18)13(15)14-17-10-5-3-4-6-12(10)19-14/h7-9,13H,3-6,15H2,1-2H3. The fraction of sp³-hybridized carbons (Fsp3) is 0.571. The molecule has 4 nitrogen and oxygen atoms in total. The zero-order valence-corrected chi connectivity index (χ0v) is 12.3. The molecule has 102 valence electrons. The van der Waals surface area contributed by atoms with Gasteiger partial charge in [0, 0.05) is 10.9 Å². The number of aromatic nitrogens is 3. The number of nitrogens with two attached hydrogens (primary N) is 1. The average Bonchev–Trinajstić information content (AvgIpc) is 3.04. The molecule has 19 heavy (non-hydrogen) atoms. The third-order valence-electron chi connectivity index (χ3n) is 3.70. The zero-order chi connectivity index (χ0) is 13.4. The fourth-order valence-electron chi connectivity index (χ4n) is 2.62. The van der Waals surface area contributed by atoms with Crippen molar-refractivity contribution in [3.63, 3.8) is 0 Å². The van der Waals surface area contributed by atoms with Gasteiger partial charge in [-0.2, -0.15) is 0 Å². The molecule has 2 N–H and O–H groups in total. The van der Waals surface area contributed by atoms with E-state index in [9.17, 15) is 0 Å². The molecule has 2 aromatic rings. The highest BCUT2D eigenvalue weighted by molar-refractivity contribution is 7.11. The van der Waals surface area contributed by atoms with Crippen molar-refractivity contribution >= 4 is 11.3 Å². The van der Waals surface area contributed by atoms with Crippen LogP contribution in [-0.4, -0.2) is 14.5 Å². The molecule has 0 aromatic carbocycles. The molecular formula is C14H20N4S. The molecule has 5 heteroatoms. The van der Waals surface area contributed by atoms with Crippen LogP contribution in [0.1, 0.15) is 60.0 Å². The summed E-state index contributed by atoms with van der Waals surface area (Å²) >= 11 is 1.78. The van der Waals surface area contributed by atoms with Crippen LogP contribution in [0.4, 0.5) is 0 Å². The average molecular weight is 276 g/mol. The first-order valence-corrected chi connectivity index (χ1v) is 7.74. The van der Waals surface area contributed by atoms with Crippen LogP contribution in [0.2, 0.25) is 0 Å². The molecule has 1 aliphatic carbocycles. The first kappa shape index (κ1) is 12.8. The van der Waals surface area contributed by atoms with E-state index in [4.69, 9.17) is 10.7 Å². The number of hydrogen-bond acceptors (Lipinski definition) is 4. The summed E-state index contributed by atoms with van der Waals surface area (Å²) in [6.45, 7) is 4.29. The van der Waals surface area contributed by atoms with E-state index in [1.165, 1.54) is 29.8 Å². The summed E-state index contributed by atoms with van der Waals surface area (Å²) in [4.78, 5) is 10.4.